The molecule has 1 spiro atoms. The highest BCUT2D eigenvalue weighted by Crippen LogP contribution is 2.42. The Balaban J connectivity index is 1.75. The van der Waals surface area contributed by atoms with Gasteiger partial charge in [-0.3, -0.25) is 9.36 Å². The van der Waals surface area contributed by atoms with Crippen molar-refractivity contribution in [3.05, 3.63) is 35.0 Å². The van der Waals surface area contributed by atoms with Crippen LogP contribution in [0.3, 0.4) is 0 Å². The summed E-state index contributed by atoms with van der Waals surface area (Å²) in [6.45, 7) is 2.21. The standard InChI is InChI=1S/C15H17N5O2/c1-19-13(21)8-12(11-2-5-16-10-17-11)18-14(19)20-6-7-22-15(9-20)3-4-15/h2,5,8,10H,3-4,6-7,9H2,1H3. The molecule has 2 aliphatic rings. The molecule has 0 bridgehead atoms. The van der Waals surface area contributed by atoms with E-state index in [0.717, 1.165) is 25.9 Å². The van der Waals surface area contributed by atoms with Crippen LogP contribution >= 0.6 is 0 Å². The third-order valence-electron chi connectivity index (χ3n) is 4.29. The first kappa shape index (κ1) is 13.4. The van der Waals surface area contributed by atoms with Gasteiger partial charge in [0.1, 0.15) is 6.33 Å². The Labute approximate surface area is 127 Å². The summed E-state index contributed by atoms with van der Waals surface area (Å²) in [7, 11) is 1.75. The maximum Gasteiger partial charge on any atom is 0.255 e. The monoisotopic (exact) mass is 299 g/mol. The summed E-state index contributed by atoms with van der Waals surface area (Å²) in [5.74, 6) is 0.677. The molecule has 7 nitrogen and oxygen atoms in total. The van der Waals surface area contributed by atoms with Crippen LogP contribution in [0.2, 0.25) is 0 Å². The van der Waals surface area contributed by atoms with Crippen molar-refractivity contribution in [3.8, 4) is 11.4 Å². The first-order valence-electron chi connectivity index (χ1n) is 7.40. The molecule has 114 valence electrons. The normalized spacial score (nSPS) is 19.4. The number of morpholine rings is 1. The molecule has 22 heavy (non-hydrogen) atoms. The van der Waals surface area contributed by atoms with E-state index in [0.29, 0.717) is 23.9 Å². The highest BCUT2D eigenvalue weighted by atomic mass is 16.5. The summed E-state index contributed by atoms with van der Waals surface area (Å²) < 4.78 is 7.43. The fourth-order valence-electron chi connectivity index (χ4n) is 2.84. The van der Waals surface area contributed by atoms with Crippen molar-refractivity contribution >= 4 is 5.95 Å². The molecule has 3 heterocycles. The summed E-state index contributed by atoms with van der Waals surface area (Å²) in [5.41, 5.74) is 1.14. The van der Waals surface area contributed by atoms with Gasteiger partial charge in [0, 0.05) is 32.4 Å². The van der Waals surface area contributed by atoms with Gasteiger partial charge in [0.25, 0.3) is 5.56 Å². The third-order valence-corrected chi connectivity index (χ3v) is 4.29. The minimum atomic E-state index is -0.0880. The molecule has 0 amide bonds. The van der Waals surface area contributed by atoms with Gasteiger partial charge in [0.2, 0.25) is 5.95 Å². The molecule has 0 radical (unpaired) electrons. The fraction of sp³-hybridized carbons (Fsp3) is 0.467. The van der Waals surface area contributed by atoms with E-state index in [4.69, 9.17) is 4.74 Å². The maximum atomic E-state index is 12.3. The first-order chi connectivity index (χ1) is 10.7. The highest BCUT2D eigenvalue weighted by molar-refractivity contribution is 5.55. The molecular formula is C15H17N5O2. The van der Waals surface area contributed by atoms with Gasteiger partial charge in [-0.15, -0.1) is 0 Å². The Morgan fingerprint density at radius 3 is 2.91 bits per heavy atom. The Morgan fingerprint density at radius 2 is 2.18 bits per heavy atom. The van der Waals surface area contributed by atoms with Crippen molar-refractivity contribution in [2.45, 2.75) is 18.4 Å². The molecule has 2 fully saturated rings. The second kappa shape index (κ2) is 4.88. The Hall–Kier alpha value is -2.28. The molecule has 2 aromatic heterocycles. The Kier molecular flexibility index (Phi) is 2.97. The molecule has 1 aliphatic carbocycles. The van der Waals surface area contributed by atoms with E-state index in [9.17, 15) is 4.79 Å². The quantitative estimate of drug-likeness (QED) is 0.809. The van der Waals surface area contributed by atoms with Crippen LogP contribution < -0.4 is 10.5 Å². The fourth-order valence-corrected chi connectivity index (χ4v) is 2.84. The summed E-state index contributed by atoms with van der Waals surface area (Å²) in [4.78, 5) is 27.2. The smallest absolute Gasteiger partial charge is 0.255 e. The molecule has 1 saturated carbocycles. The van der Waals surface area contributed by atoms with Crippen LogP contribution in [-0.2, 0) is 11.8 Å². The molecule has 0 atom stereocenters. The second-order valence-corrected chi connectivity index (χ2v) is 5.89. The highest BCUT2D eigenvalue weighted by Gasteiger charge is 2.48. The zero-order valence-electron chi connectivity index (χ0n) is 12.4. The van der Waals surface area contributed by atoms with Crippen molar-refractivity contribution in [2.24, 2.45) is 7.05 Å². The lowest BCUT2D eigenvalue weighted by Gasteiger charge is -2.34. The molecule has 0 aromatic carbocycles. The van der Waals surface area contributed by atoms with Crippen LogP contribution in [0, 0.1) is 0 Å². The average Bonchev–Trinajstić information content (AvgIpc) is 3.29. The lowest BCUT2D eigenvalue weighted by Crippen LogP contribution is -2.46. The number of nitrogens with zero attached hydrogens (tertiary/aromatic N) is 5. The van der Waals surface area contributed by atoms with Gasteiger partial charge in [0.15, 0.2) is 0 Å². The lowest BCUT2D eigenvalue weighted by atomic mass is 10.2. The zero-order chi connectivity index (χ0) is 15.2. The summed E-state index contributed by atoms with van der Waals surface area (Å²) in [6.07, 6.45) is 5.28. The van der Waals surface area contributed by atoms with Gasteiger partial charge < -0.3 is 9.64 Å². The second-order valence-electron chi connectivity index (χ2n) is 5.89. The molecule has 0 N–H and O–H groups in total. The SMILES string of the molecule is Cn1c(N2CCOC3(CC3)C2)nc(-c2ccncn2)cc1=O. The minimum Gasteiger partial charge on any atom is -0.371 e. The number of aromatic nitrogens is 4. The molecule has 1 saturated heterocycles. The lowest BCUT2D eigenvalue weighted by molar-refractivity contribution is 0.0198. The summed E-state index contributed by atoms with van der Waals surface area (Å²) >= 11 is 0. The van der Waals surface area contributed by atoms with Crippen LogP contribution in [0.25, 0.3) is 11.4 Å². The largest absolute Gasteiger partial charge is 0.371 e. The molecule has 1 aliphatic heterocycles. The van der Waals surface area contributed by atoms with Crippen LogP contribution in [0.1, 0.15) is 12.8 Å². The minimum absolute atomic E-state index is 0.0130. The summed E-state index contributed by atoms with van der Waals surface area (Å²) in [5, 5.41) is 0. The zero-order valence-corrected chi connectivity index (χ0v) is 12.4. The predicted octanol–water partition coefficient (Wildman–Crippen LogP) is 0.607. The number of ether oxygens (including phenoxy) is 1. The molecule has 4 rings (SSSR count). The van der Waals surface area contributed by atoms with Crippen molar-refractivity contribution in [1.82, 2.24) is 19.5 Å². The Morgan fingerprint density at radius 1 is 1.32 bits per heavy atom. The van der Waals surface area contributed by atoms with Crippen molar-refractivity contribution in [1.29, 1.82) is 0 Å². The van der Waals surface area contributed by atoms with Crippen molar-refractivity contribution in [2.75, 3.05) is 24.6 Å². The number of hydrogen-bond acceptors (Lipinski definition) is 6. The first-order valence-corrected chi connectivity index (χ1v) is 7.40. The summed E-state index contributed by atoms with van der Waals surface area (Å²) in [6, 6.07) is 3.27. The van der Waals surface area contributed by atoms with Gasteiger partial charge in [-0.05, 0) is 18.9 Å². The Bertz CT molecular complexity index is 754. The number of anilines is 1. The molecule has 2 aromatic rings. The van der Waals surface area contributed by atoms with Gasteiger partial charge in [-0.1, -0.05) is 0 Å². The molecule has 7 heteroatoms. The van der Waals surface area contributed by atoms with Crippen LogP contribution in [0.4, 0.5) is 5.95 Å². The topological polar surface area (TPSA) is 73.1 Å². The van der Waals surface area contributed by atoms with Gasteiger partial charge in [-0.2, -0.15) is 0 Å². The van der Waals surface area contributed by atoms with E-state index in [1.807, 2.05) is 0 Å². The van der Waals surface area contributed by atoms with Crippen LogP contribution in [0.5, 0.6) is 0 Å². The number of rotatable bonds is 2. The van der Waals surface area contributed by atoms with Gasteiger partial charge >= 0.3 is 0 Å². The van der Waals surface area contributed by atoms with Crippen molar-refractivity contribution in [3.63, 3.8) is 0 Å². The van der Waals surface area contributed by atoms with Gasteiger partial charge in [-0.25, -0.2) is 15.0 Å². The van der Waals surface area contributed by atoms with E-state index in [1.165, 1.54) is 12.4 Å². The van der Waals surface area contributed by atoms with E-state index in [1.54, 1.807) is 23.9 Å². The average molecular weight is 299 g/mol. The van der Waals surface area contributed by atoms with E-state index >= 15 is 0 Å². The number of hydrogen-bond donors (Lipinski definition) is 0. The predicted molar refractivity (Wildman–Crippen MR) is 80.6 cm³/mol. The maximum absolute atomic E-state index is 12.3. The van der Waals surface area contributed by atoms with E-state index < -0.39 is 0 Å². The molecular weight excluding hydrogens is 282 g/mol. The third kappa shape index (κ3) is 2.27. The van der Waals surface area contributed by atoms with E-state index in [-0.39, 0.29) is 11.2 Å². The van der Waals surface area contributed by atoms with Gasteiger partial charge in [0.05, 0.1) is 23.6 Å². The molecule has 0 unspecified atom stereocenters. The van der Waals surface area contributed by atoms with Crippen molar-refractivity contribution < 1.29 is 4.74 Å². The van der Waals surface area contributed by atoms with Crippen LogP contribution in [0.15, 0.2) is 29.5 Å². The van der Waals surface area contributed by atoms with Crippen LogP contribution in [-0.4, -0.2) is 44.8 Å². The van der Waals surface area contributed by atoms with E-state index in [2.05, 4.69) is 19.9 Å².